The van der Waals surface area contributed by atoms with Gasteiger partial charge in [0, 0.05) is 22.0 Å². The van der Waals surface area contributed by atoms with Crippen LogP contribution in [-0.4, -0.2) is 0 Å². The van der Waals surface area contributed by atoms with Crippen molar-refractivity contribution >= 4 is 14.5 Å². The second kappa shape index (κ2) is 10.4. The summed E-state index contributed by atoms with van der Waals surface area (Å²) < 4.78 is 198. The molecule has 0 N–H and O–H groups in total. The third-order valence-corrected chi connectivity index (χ3v) is 6.35. The summed E-state index contributed by atoms with van der Waals surface area (Å²) in [4.78, 5) is 0. The van der Waals surface area contributed by atoms with Crippen molar-refractivity contribution in [2.45, 2.75) is 6.67 Å². The normalized spacial score (nSPS) is 11.5. The molecule has 0 aliphatic heterocycles. The Balaban J connectivity index is 2.24. The lowest BCUT2D eigenvalue weighted by atomic mass is 9.90. The topological polar surface area (TPSA) is 0 Å². The van der Waals surface area contributed by atoms with Crippen molar-refractivity contribution in [2.24, 2.45) is 0 Å². The van der Waals surface area contributed by atoms with Gasteiger partial charge in [-0.2, -0.15) is 0 Å². The van der Waals surface area contributed by atoms with E-state index in [1.807, 2.05) is 0 Å². The number of halogens is 14. The Morgan fingerprint density at radius 2 is 0.675 bits per heavy atom. The molecule has 0 saturated carbocycles. The summed E-state index contributed by atoms with van der Waals surface area (Å²) in [5.41, 5.74) is -9.43. The number of benzene rings is 4. The Morgan fingerprint density at radius 3 is 1.12 bits per heavy atom. The molecule has 0 aromatic heterocycles. The van der Waals surface area contributed by atoms with E-state index < -0.39 is 127 Å². The molecule has 0 nitrogen and oxygen atoms in total. The van der Waals surface area contributed by atoms with Gasteiger partial charge in [0.15, 0.2) is 69.8 Å². The largest absolute Gasteiger partial charge is 0.246 e. The fraction of sp³-hybridized carbons (Fsp3) is 0.0400. The Labute approximate surface area is 216 Å². The molecule has 4 aromatic carbocycles. The van der Waals surface area contributed by atoms with Gasteiger partial charge < -0.3 is 0 Å². The van der Waals surface area contributed by atoms with Gasteiger partial charge in [0.05, 0.1) is 5.56 Å². The van der Waals surface area contributed by atoms with Crippen LogP contribution >= 0.6 is 9.24 Å². The third kappa shape index (κ3) is 4.29. The zero-order valence-corrected chi connectivity index (χ0v) is 20.0. The lowest BCUT2D eigenvalue weighted by Crippen LogP contribution is -2.13. The van der Waals surface area contributed by atoms with Crippen molar-refractivity contribution in [3.05, 3.63) is 99.4 Å². The van der Waals surface area contributed by atoms with Crippen molar-refractivity contribution in [1.82, 2.24) is 0 Å². The van der Waals surface area contributed by atoms with Crippen LogP contribution in [0.25, 0.3) is 33.4 Å². The standard InChI is InChI=1S/C25H7F14P/c26-4-8-9(13(28)18(33)17(32)12(8)27)5-1-6(10-14(29)19(34)22(37)20(35)15(10)30)3-7(2-5)11-16(31)21(36)23(38)24(39)25(11)40/h1-3H,4,40H2. The minimum atomic E-state index is -2.62. The minimum absolute atomic E-state index is 0.298. The molecule has 1 atom stereocenters. The van der Waals surface area contributed by atoms with Crippen LogP contribution in [0, 0.1) is 75.6 Å². The summed E-state index contributed by atoms with van der Waals surface area (Å²) >= 11 is 0. The molecule has 15 heteroatoms. The number of alkyl halides is 1. The maximum absolute atomic E-state index is 14.8. The smallest absolute Gasteiger partial charge is 0.200 e. The minimum Gasteiger partial charge on any atom is -0.246 e. The average molecular weight is 604 g/mol. The second-order valence-electron chi connectivity index (χ2n) is 8.03. The van der Waals surface area contributed by atoms with Gasteiger partial charge in [-0.15, -0.1) is 9.24 Å². The van der Waals surface area contributed by atoms with E-state index >= 15 is 0 Å². The van der Waals surface area contributed by atoms with Crippen molar-refractivity contribution in [1.29, 1.82) is 0 Å². The van der Waals surface area contributed by atoms with Crippen LogP contribution in [0.2, 0.25) is 0 Å². The molecule has 0 saturated heterocycles. The average Bonchev–Trinajstić information content (AvgIpc) is 2.93. The summed E-state index contributed by atoms with van der Waals surface area (Å²) in [6.45, 7) is -2.06. The van der Waals surface area contributed by atoms with Crippen LogP contribution in [0.15, 0.2) is 18.2 Å². The first-order valence-electron chi connectivity index (χ1n) is 10.3. The molecule has 0 bridgehead atoms. The summed E-state index contributed by atoms with van der Waals surface area (Å²) in [5, 5.41) is -1.11. The Kier molecular flexibility index (Phi) is 7.61. The quantitative estimate of drug-likeness (QED) is 0.0950. The van der Waals surface area contributed by atoms with Crippen molar-refractivity contribution < 1.29 is 61.5 Å². The van der Waals surface area contributed by atoms with Gasteiger partial charge in [-0.3, -0.25) is 0 Å². The van der Waals surface area contributed by atoms with Crippen LogP contribution in [0.4, 0.5) is 61.5 Å². The highest BCUT2D eigenvalue weighted by Crippen LogP contribution is 2.41. The Bertz CT molecular complexity index is 1590. The first-order chi connectivity index (χ1) is 18.6. The zero-order valence-electron chi connectivity index (χ0n) is 18.8. The van der Waals surface area contributed by atoms with Gasteiger partial charge in [0.25, 0.3) is 0 Å². The molecule has 0 fully saturated rings. The number of hydrogen-bond donors (Lipinski definition) is 0. The molecule has 210 valence electrons. The highest BCUT2D eigenvalue weighted by atomic mass is 31.0. The maximum Gasteiger partial charge on any atom is 0.200 e. The Hall–Kier alpha value is -3.67. The molecular formula is C25H7F14P. The lowest BCUT2D eigenvalue weighted by molar-refractivity contribution is 0.381. The van der Waals surface area contributed by atoms with Gasteiger partial charge in [0.2, 0.25) is 5.82 Å². The van der Waals surface area contributed by atoms with E-state index in [0.29, 0.717) is 18.2 Å². The third-order valence-electron chi connectivity index (χ3n) is 5.81. The molecule has 1 unspecified atom stereocenters. The van der Waals surface area contributed by atoms with Gasteiger partial charge in [-0.25, -0.2) is 61.5 Å². The monoisotopic (exact) mass is 604 g/mol. The van der Waals surface area contributed by atoms with E-state index in [1.54, 1.807) is 0 Å². The maximum atomic E-state index is 14.8. The second-order valence-corrected chi connectivity index (χ2v) is 8.61. The predicted molar refractivity (Wildman–Crippen MR) is 116 cm³/mol. The molecular weight excluding hydrogens is 597 g/mol. The van der Waals surface area contributed by atoms with Crippen LogP contribution < -0.4 is 5.30 Å². The number of rotatable bonds is 4. The fourth-order valence-corrected chi connectivity index (χ4v) is 4.37. The molecule has 0 spiro atoms. The summed E-state index contributed by atoms with van der Waals surface area (Å²) in [7, 11) is 1.44. The summed E-state index contributed by atoms with van der Waals surface area (Å²) in [6, 6.07) is 1.06. The van der Waals surface area contributed by atoms with Crippen molar-refractivity contribution in [3.63, 3.8) is 0 Å². The van der Waals surface area contributed by atoms with Gasteiger partial charge in [-0.1, -0.05) is 0 Å². The van der Waals surface area contributed by atoms with E-state index in [1.165, 1.54) is 9.24 Å². The van der Waals surface area contributed by atoms with Crippen LogP contribution in [-0.2, 0) is 6.67 Å². The molecule has 0 aliphatic carbocycles. The van der Waals surface area contributed by atoms with Crippen LogP contribution in [0.1, 0.15) is 5.56 Å². The summed E-state index contributed by atoms with van der Waals surface area (Å²) in [5.74, 6) is -31.2. The van der Waals surface area contributed by atoms with Crippen molar-refractivity contribution in [3.8, 4) is 33.4 Å². The van der Waals surface area contributed by atoms with Crippen LogP contribution in [0.5, 0.6) is 0 Å². The van der Waals surface area contributed by atoms with E-state index in [9.17, 15) is 61.5 Å². The molecule has 0 radical (unpaired) electrons. The van der Waals surface area contributed by atoms with E-state index in [-0.39, 0.29) is 0 Å². The molecule has 40 heavy (non-hydrogen) atoms. The first kappa shape index (κ1) is 29.3. The molecule has 0 heterocycles. The fourth-order valence-electron chi connectivity index (χ4n) is 3.95. The van der Waals surface area contributed by atoms with E-state index in [0.717, 1.165) is 0 Å². The highest BCUT2D eigenvalue weighted by Gasteiger charge is 2.31. The molecule has 4 rings (SSSR count). The van der Waals surface area contributed by atoms with Crippen molar-refractivity contribution in [2.75, 3.05) is 0 Å². The lowest BCUT2D eigenvalue weighted by Gasteiger charge is -2.17. The van der Waals surface area contributed by atoms with E-state index in [4.69, 9.17) is 0 Å². The van der Waals surface area contributed by atoms with Gasteiger partial charge in [-0.05, 0) is 34.9 Å². The molecule has 0 amide bonds. The van der Waals surface area contributed by atoms with Crippen LogP contribution in [0.3, 0.4) is 0 Å². The SMILES string of the molecule is FCc1c(F)c(F)c(F)c(F)c1-c1cc(-c2c(F)c(F)c(F)c(F)c2F)cc(-c2c(F)c(F)c(F)c(F)c2P)c1. The highest BCUT2D eigenvalue weighted by molar-refractivity contribution is 7.28. The predicted octanol–water partition coefficient (Wildman–Crippen LogP) is 8.47. The van der Waals surface area contributed by atoms with Gasteiger partial charge >= 0.3 is 0 Å². The summed E-state index contributed by atoms with van der Waals surface area (Å²) in [6.07, 6.45) is 0. The van der Waals surface area contributed by atoms with Gasteiger partial charge in [0.1, 0.15) is 6.67 Å². The molecule has 4 aromatic rings. The van der Waals surface area contributed by atoms with E-state index in [2.05, 4.69) is 0 Å². The number of hydrogen-bond acceptors (Lipinski definition) is 0. The zero-order chi connectivity index (χ0) is 30.0. The first-order valence-corrected chi connectivity index (χ1v) is 10.9. The molecule has 0 aliphatic rings. The Morgan fingerprint density at radius 1 is 0.375 bits per heavy atom.